The number of rotatable bonds is 8. The minimum Gasteiger partial charge on any atom is -0.326 e. The van der Waals surface area contributed by atoms with E-state index in [1.54, 1.807) is 0 Å². The Labute approximate surface area is 201 Å². The smallest absolute Gasteiger partial charge is 0.239 e. The van der Waals surface area contributed by atoms with E-state index in [9.17, 15) is 9.59 Å². The van der Waals surface area contributed by atoms with Crippen LogP contribution in [0, 0.1) is 0 Å². The van der Waals surface area contributed by atoms with Crippen LogP contribution in [0.15, 0.2) is 77.0 Å². The second-order valence-corrected chi connectivity index (χ2v) is 9.95. The number of benzene rings is 3. The molecule has 0 aliphatic heterocycles. The Morgan fingerprint density at radius 3 is 2.64 bits per heavy atom. The first-order chi connectivity index (χ1) is 16.0. The van der Waals surface area contributed by atoms with Crippen LogP contribution in [0.1, 0.15) is 26.7 Å². The number of thiazole rings is 1. The Balaban J connectivity index is 1.38. The van der Waals surface area contributed by atoms with Gasteiger partial charge in [0, 0.05) is 27.9 Å². The zero-order valence-electron chi connectivity index (χ0n) is 18.5. The maximum Gasteiger partial charge on any atom is 0.239 e. The molecule has 0 fully saturated rings. The molecule has 4 rings (SSSR count). The molecule has 0 aliphatic carbocycles. The summed E-state index contributed by atoms with van der Waals surface area (Å²) < 4.78 is 0. The zero-order chi connectivity index (χ0) is 23.2. The van der Waals surface area contributed by atoms with Gasteiger partial charge in [-0.3, -0.25) is 9.59 Å². The lowest BCUT2D eigenvalue weighted by Crippen LogP contribution is -2.22. The normalized spacial score (nSPS) is 11.8. The van der Waals surface area contributed by atoms with Crippen LogP contribution in [0.2, 0.25) is 0 Å². The second-order valence-electron chi connectivity index (χ2n) is 7.68. The summed E-state index contributed by atoms with van der Waals surface area (Å²) in [5, 5.41) is 10.4. The molecule has 0 bridgehead atoms. The van der Waals surface area contributed by atoms with Gasteiger partial charge in [0.15, 0.2) is 5.13 Å². The molecular formula is C26H25N3O2S2. The molecule has 168 valence electrons. The molecule has 3 aromatic carbocycles. The van der Waals surface area contributed by atoms with E-state index in [0.29, 0.717) is 11.6 Å². The van der Waals surface area contributed by atoms with E-state index in [1.807, 2.05) is 61.7 Å². The van der Waals surface area contributed by atoms with Crippen molar-refractivity contribution in [3.05, 3.63) is 72.1 Å². The summed E-state index contributed by atoms with van der Waals surface area (Å²) in [7, 11) is 0. The van der Waals surface area contributed by atoms with E-state index in [1.165, 1.54) is 28.5 Å². The van der Waals surface area contributed by atoms with Crippen LogP contribution in [0.25, 0.3) is 22.0 Å². The van der Waals surface area contributed by atoms with E-state index in [-0.39, 0.29) is 17.1 Å². The van der Waals surface area contributed by atoms with Crippen molar-refractivity contribution in [2.24, 2.45) is 0 Å². The Bertz CT molecular complexity index is 1290. The largest absolute Gasteiger partial charge is 0.326 e. The average molecular weight is 476 g/mol. The fourth-order valence-corrected chi connectivity index (χ4v) is 5.02. The Hall–Kier alpha value is -3.16. The molecule has 0 aliphatic rings. The minimum absolute atomic E-state index is 0.00331. The van der Waals surface area contributed by atoms with Gasteiger partial charge in [-0.1, -0.05) is 49.4 Å². The molecule has 33 heavy (non-hydrogen) atoms. The van der Waals surface area contributed by atoms with E-state index in [2.05, 4.69) is 39.9 Å². The molecule has 0 saturated carbocycles. The number of carbonyl (C=O) groups excluding carboxylic acids is 2. The highest BCUT2D eigenvalue weighted by atomic mass is 32.2. The topological polar surface area (TPSA) is 71.1 Å². The third-order valence-electron chi connectivity index (χ3n) is 5.06. The number of fused-ring (bicyclic) bond motifs is 1. The minimum atomic E-state index is -0.320. The molecule has 1 aromatic heterocycles. The van der Waals surface area contributed by atoms with Gasteiger partial charge in [-0.05, 0) is 48.4 Å². The van der Waals surface area contributed by atoms with Gasteiger partial charge in [-0.15, -0.1) is 23.1 Å². The van der Waals surface area contributed by atoms with Crippen molar-refractivity contribution in [3.8, 4) is 11.3 Å². The molecule has 1 heterocycles. The lowest BCUT2D eigenvalue weighted by molar-refractivity contribution is -0.116. The SMILES string of the molecule is CCCC(=O)Nc1cccc(SC(C)C(=O)Nc2nc(-c3ccc4ccccc4c3)cs2)c1. The first kappa shape index (κ1) is 23.0. The van der Waals surface area contributed by atoms with Crippen LogP contribution in [0.3, 0.4) is 0 Å². The monoisotopic (exact) mass is 475 g/mol. The molecule has 2 amide bonds. The fourth-order valence-electron chi connectivity index (χ4n) is 3.37. The predicted molar refractivity (Wildman–Crippen MR) is 139 cm³/mol. The van der Waals surface area contributed by atoms with Gasteiger partial charge in [0.05, 0.1) is 10.9 Å². The van der Waals surface area contributed by atoms with Crippen LogP contribution < -0.4 is 10.6 Å². The average Bonchev–Trinajstić information content (AvgIpc) is 3.27. The highest BCUT2D eigenvalue weighted by Gasteiger charge is 2.17. The van der Waals surface area contributed by atoms with Crippen molar-refractivity contribution in [2.75, 3.05) is 10.6 Å². The molecule has 0 radical (unpaired) electrons. The first-order valence-corrected chi connectivity index (χ1v) is 12.6. The van der Waals surface area contributed by atoms with Gasteiger partial charge in [0.2, 0.25) is 11.8 Å². The number of nitrogens with one attached hydrogen (secondary N) is 2. The maximum absolute atomic E-state index is 12.8. The van der Waals surface area contributed by atoms with E-state index < -0.39 is 0 Å². The third kappa shape index (κ3) is 6.00. The molecule has 0 saturated heterocycles. The van der Waals surface area contributed by atoms with E-state index in [4.69, 9.17) is 0 Å². The quantitative estimate of drug-likeness (QED) is 0.274. The fraction of sp³-hybridized carbons (Fsp3) is 0.192. The summed E-state index contributed by atoms with van der Waals surface area (Å²) in [5.41, 5.74) is 2.61. The van der Waals surface area contributed by atoms with Gasteiger partial charge in [-0.2, -0.15) is 0 Å². The number of hydrogen-bond donors (Lipinski definition) is 2. The van der Waals surface area contributed by atoms with Crippen molar-refractivity contribution in [2.45, 2.75) is 36.8 Å². The van der Waals surface area contributed by atoms with Crippen molar-refractivity contribution in [1.29, 1.82) is 0 Å². The molecule has 7 heteroatoms. The summed E-state index contributed by atoms with van der Waals surface area (Å²) in [6, 6.07) is 22.0. The summed E-state index contributed by atoms with van der Waals surface area (Å²) in [5.74, 6) is -0.115. The van der Waals surface area contributed by atoms with Gasteiger partial charge in [0.25, 0.3) is 0 Å². The molecule has 1 atom stereocenters. The Morgan fingerprint density at radius 2 is 1.82 bits per heavy atom. The maximum atomic E-state index is 12.8. The molecule has 4 aromatic rings. The molecule has 1 unspecified atom stereocenters. The number of hydrogen-bond acceptors (Lipinski definition) is 5. The van der Waals surface area contributed by atoms with Gasteiger partial charge in [-0.25, -0.2) is 4.98 Å². The van der Waals surface area contributed by atoms with Crippen LogP contribution in [-0.2, 0) is 9.59 Å². The summed E-state index contributed by atoms with van der Waals surface area (Å²) >= 11 is 2.86. The van der Waals surface area contributed by atoms with Gasteiger partial charge < -0.3 is 10.6 Å². The van der Waals surface area contributed by atoms with Gasteiger partial charge in [0.1, 0.15) is 0 Å². The van der Waals surface area contributed by atoms with Crippen LogP contribution in [-0.4, -0.2) is 22.0 Å². The Morgan fingerprint density at radius 1 is 1.00 bits per heavy atom. The lowest BCUT2D eigenvalue weighted by Gasteiger charge is -2.12. The number of anilines is 2. The van der Waals surface area contributed by atoms with Gasteiger partial charge >= 0.3 is 0 Å². The highest BCUT2D eigenvalue weighted by molar-refractivity contribution is 8.00. The molecular weight excluding hydrogens is 450 g/mol. The van der Waals surface area contributed by atoms with Crippen LogP contribution in [0.5, 0.6) is 0 Å². The van der Waals surface area contributed by atoms with Crippen molar-refractivity contribution < 1.29 is 9.59 Å². The predicted octanol–water partition coefficient (Wildman–Crippen LogP) is 6.82. The second kappa shape index (κ2) is 10.6. The van der Waals surface area contributed by atoms with E-state index in [0.717, 1.165) is 33.6 Å². The first-order valence-electron chi connectivity index (χ1n) is 10.8. The van der Waals surface area contributed by atoms with Crippen LogP contribution in [0.4, 0.5) is 10.8 Å². The molecule has 2 N–H and O–H groups in total. The van der Waals surface area contributed by atoms with Crippen LogP contribution >= 0.6 is 23.1 Å². The number of carbonyl (C=O) groups is 2. The number of amides is 2. The summed E-state index contributed by atoms with van der Waals surface area (Å²) in [6.45, 7) is 3.83. The molecule has 5 nitrogen and oxygen atoms in total. The molecule has 0 spiro atoms. The lowest BCUT2D eigenvalue weighted by atomic mass is 10.1. The highest BCUT2D eigenvalue weighted by Crippen LogP contribution is 2.30. The van der Waals surface area contributed by atoms with E-state index >= 15 is 0 Å². The number of aromatic nitrogens is 1. The zero-order valence-corrected chi connectivity index (χ0v) is 20.1. The number of thioether (sulfide) groups is 1. The van der Waals surface area contributed by atoms with Crippen molar-refractivity contribution in [3.63, 3.8) is 0 Å². The number of nitrogens with zero attached hydrogens (tertiary/aromatic N) is 1. The standard InChI is InChI=1S/C26H25N3O2S2/c1-3-7-24(30)27-21-10-6-11-22(15-21)33-17(2)25(31)29-26-28-23(16-32-26)20-13-12-18-8-4-5-9-19(18)14-20/h4-6,8-17H,3,7H2,1-2H3,(H,27,30)(H,28,29,31). The van der Waals surface area contributed by atoms with Crippen molar-refractivity contribution >= 4 is 56.5 Å². The summed E-state index contributed by atoms with van der Waals surface area (Å²) in [6.07, 6.45) is 1.29. The Kier molecular flexibility index (Phi) is 7.42. The van der Waals surface area contributed by atoms with Crippen molar-refractivity contribution in [1.82, 2.24) is 4.98 Å². The summed E-state index contributed by atoms with van der Waals surface area (Å²) in [4.78, 5) is 30.1. The third-order valence-corrected chi connectivity index (χ3v) is 6.91.